The first kappa shape index (κ1) is 18.2. The normalized spacial score (nSPS) is 36.7. The molecular formula is C18H36NO3+. The third kappa shape index (κ3) is 4.22. The summed E-state index contributed by atoms with van der Waals surface area (Å²) >= 11 is 0. The molecule has 0 aromatic rings. The van der Waals surface area contributed by atoms with Gasteiger partial charge in [-0.1, -0.05) is 39.0 Å². The monoisotopic (exact) mass is 314 g/mol. The van der Waals surface area contributed by atoms with Crippen LogP contribution >= 0.6 is 0 Å². The predicted octanol–water partition coefficient (Wildman–Crippen LogP) is 3.28. The van der Waals surface area contributed by atoms with E-state index >= 15 is 0 Å². The van der Waals surface area contributed by atoms with E-state index in [9.17, 15) is 5.11 Å². The number of ether oxygens (including phenoxy) is 2. The molecule has 1 N–H and O–H groups in total. The minimum Gasteiger partial charge on any atom is -0.396 e. The molecule has 0 bridgehead atoms. The zero-order valence-electron chi connectivity index (χ0n) is 15.0. The van der Waals surface area contributed by atoms with Crippen LogP contribution in [0.4, 0.5) is 0 Å². The second kappa shape index (κ2) is 7.61. The van der Waals surface area contributed by atoms with Gasteiger partial charge in [-0.2, -0.15) is 0 Å². The molecular weight excluding hydrogens is 278 g/mol. The Balaban J connectivity index is 1.79. The summed E-state index contributed by atoms with van der Waals surface area (Å²) in [5.74, 6) is -0.302. The van der Waals surface area contributed by atoms with Crippen molar-refractivity contribution in [2.24, 2.45) is 5.92 Å². The number of aliphatic hydroxyl groups excluding tert-OH is 1. The molecule has 2 rings (SSSR count). The van der Waals surface area contributed by atoms with Crippen molar-refractivity contribution in [3.63, 3.8) is 0 Å². The number of nitrogens with zero attached hydrogens (tertiary/aromatic N) is 1. The third-order valence-corrected chi connectivity index (χ3v) is 5.34. The topological polar surface area (TPSA) is 38.7 Å². The van der Waals surface area contributed by atoms with Gasteiger partial charge in [-0.25, -0.2) is 0 Å². The van der Waals surface area contributed by atoms with E-state index in [0.717, 1.165) is 17.6 Å². The summed E-state index contributed by atoms with van der Waals surface area (Å²) in [5, 5.41) is 9.66. The molecule has 4 nitrogen and oxygen atoms in total. The van der Waals surface area contributed by atoms with E-state index in [-0.39, 0.29) is 24.9 Å². The van der Waals surface area contributed by atoms with Gasteiger partial charge in [0, 0.05) is 0 Å². The highest BCUT2D eigenvalue weighted by Crippen LogP contribution is 2.42. The first-order valence-corrected chi connectivity index (χ1v) is 9.22. The van der Waals surface area contributed by atoms with Crippen molar-refractivity contribution in [3.8, 4) is 0 Å². The zero-order valence-corrected chi connectivity index (χ0v) is 15.0. The highest BCUT2D eigenvalue weighted by Gasteiger charge is 2.60. The van der Waals surface area contributed by atoms with Gasteiger partial charge in [0.2, 0.25) is 6.23 Å². The van der Waals surface area contributed by atoms with Gasteiger partial charge in [0.25, 0.3) is 0 Å². The number of hydrogen-bond donors (Lipinski definition) is 1. The van der Waals surface area contributed by atoms with Gasteiger partial charge in [0.1, 0.15) is 6.10 Å². The van der Waals surface area contributed by atoms with Crippen LogP contribution < -0.4 is 0 Å². The van der Waals surface area contributed by atoms with Crippen molar-refractivity contribution >= 4 is 0 Å². The lowest BCUT2D eigenvalue weighted by Crippen LogP contribution is -2.51. The molecule has 2 fully saturated rings. The quantitative estimate of drug-likeness (QED) is 0.524. The van der Waals surface area contributed by atoms with Crippen LogP contribution in [0.5, 0.6) is 0 Å². The fourth-order valence-corrected chi connectivity index (χ4v) is 4.14. The molecule has 0 saturated carbocycles. The van der Waals surface area contributed by atoms with E-state index in [1.165, 1.54) is 44.9 Å². The predicted molar refractivity (Wildman–Crippen MR) is 88.3 cm³/mol. The molecule has 0 aromatic heterocycles. The van der Waals surface area contributed by atoms with Gasteiger partial charge < -0.3 is 9.84 Å². The maximum atomic E-state index is 9.66. The second-order valence-electron chi connectivity index (χ2n) is 7.94. The summed E-state index contributed by atoms with van der Waals surface area (Å²) in [7, 11) is 2.27. The number of quaternary nitrogens is 1. The molecule has 4 heteroatoms. The molecule has 0 unspecified atom stereocenters. The van der Waals surface area contributed by atoms with Crippen molar-refractivity contribution in [1.29, 1.82) is 0 Å². The molecule has 130 valence electrons. The van der Waals surface area contributed by atoms with Crippen molar-refractivity contribution in [2.75, 3.05) is 26.7 Å². The minimum absolute atomic E-state index is 0.0505. The maximum Gasteiger partial charge on any atom is 0.223 e. The molecule has 2 saturated heterocycles. The summed E-state index contributed by atoms with van der Waals surface area (Å²) < 4.78 is 13.1. The molecule has 0 aliphatic carbocycles. The fraction of sp³-hybridized carbons (Fsp3) is 1.00. The van der Waals surface area contributed by atoms with Gasteiger partial charge in [-0.3, -0.25) is 9.22 Å². The summed E-state index contributed by atoms with van der Waals surface area (Å²) in [6.45, 7) is 8.53. The molecule has 0 aromatic carbocycles. The van der Waals surface area contributed by atoms with Crippen molar-refractivity contribution in [3.05, 3.63) is 0 Å². The molecule has 0 spiro atoms. The lowest BCUT2D eigenvalue weighted by Gasteiger charge is -2.35. The van der Waals surface area contributed by atoms with Gasteiger partial charge in [0.15, 0.2) is 5.79 Å². The van der Waals surface area contributed by atoms with Gasteiger partial charge in [0.05, 0.1) is 32.7 Å². The molecule has 0 amide bonds. The van der Waals surface area contributed by atoms with Gasteiger partial charge in [-0.15, -0.1) is 0 Å². The van der Waals surface area contributed by atoms with Crippen LogP contribution in [0.25, 0.3) is 0 Å². The molecule has 4 atom stereocenters. The Bertz CT molecular complexity index is 347. The highest BCUT2D eigenvalue weighted by atomic mass is 16.8. The Kier molecular flexibility index (Phi) is 6.29. The average Bonchev–Trinajstić information content (AvgIpc) is 2.91. The number of hydrogen-bond acceptors (Lipinski definition) is 3. The maximum absolute atomic E-state index is 9.66. The van der Waals surface area contributed by atoms with E-state index in [0.29, 0.717) is 0 Å². The highest BCUT2D eigenvalue weighted by molar-refractivity contribution is 4.87. The Morgan fingerprint density at radius 2 is 1.68 bits per heavy atom. The number of aliphatic hydroxyl groups is 1. The largest absolute Gasteiger partial charge is 0.396 e. The lowest BCUT2D eigenvalue weighted by molar-refractivity contribution is -0.943. The molecule has 2 heterocycles. The summed E-state index contributed by atoms with van der Waals surface area (Å²) in [6, 6.07) is 0. The Labute approximate surface area is 136 Å². The molecule has 22 heavy (non-hydrogen) atoms. The SMILES string of the molecule is CCCCCCCCC[N@+]1(C)C[C@H](CO)[C@H]2OC(C)(C)O[C@@H]21. The summed E-state index contributed by atoms with van der Waals surface area (Å²) in [5.41, 5.74) is 0. The number of unbranched alkanes of at least 4 members (excludes halogenated alkanes) is 6. The number of likely N-dealkylation sites (N-methyl/N-ethyl adjacent to an activating group) is 1. The first-order valence-electron chi connectivity index (χ1n) is 9.22. The standard InChI is InChI=1S/C18H36NO3/c1-5-6-7-8-9-10-11-12-19(4)13-15(14-20)16-17(19)22-18(2,3)21-16/h15-17,20H,5-14H2,1-4H3/q+1/t15-,16-,17+,19-/m1/s1. The molecule has 2 aliphatic rings. The number of fused-ring (bicyclic) bond motifs is 1. The van der Waals surface area contributed by atoms with E-state index in [1.54, 1.807) is 0 Å². The molecule has 0 radical (unpaired) electrons. The van der Waals surface area contributed by atoms with Crippen LogP contribution in [0.2, 0.25) is 0 Å². The van der Waals surface area contributed by atoms with Crippen molar-refractivity contribution in [1.82, 2.24) is 0 Å². The molecule has 2 aliphatic heterocycles. The third-order valence-electron chi connectivity index (χ3n) is 5.34. The van der Waals surface area contributed by atoms with Crippen molar-refractivity contribution < 1.29 is 19.1 Å². The van der Waals surface area contributed by atoms with Gasteiger partial charge >= 0.3 is 0 Å². The smallest absolute Gasteiger partial charge is 0.223 e. The number of rotatable bonds is 9. The Morgan fingerprint density at radius 3 is 2.32 bits per heavy atom. The van der Waals surface area contributed by atoms with E-state index in [4.69, 9.17) is 9.47 Å². The van der Waals surface area contributed by atoms with Crippen LogP contribution in [0.15, 0.2) is 0 Å². The number of likely N-dealkylation sites (tertiary alicyclic amines) is 1. The van der Waals surface area contributed by atoms with Crippen molar-refractivity contribution in [2.45, 2.75) is 83.8 Å². The van der Waals surface area contributed by atoms with Gasteiger partial charge in [-0.05, 0) is 26.7 Å². The lowest BCUT2D eigenvalue weighted by atomic mass is 10.1. The first-order chi connectivity index (χ1) is 10.4. The summed E-state index contributed by atoms with van der Waals surface area (Å²) in [4.78, 5) is 0. The van der Waals surface area contributed by atoms with Crippen LogP contribution in [-0.2, 0) is 9.47 Å². The van der Waals surface area contributed by atoms with Crippen LogP contribution in [0.3, 0.4) is 0 Å². The van der Waals surface area contributed by atoms with Crippen LogP contribution in [0, 0.1) is 5.92 Å². The fourth-order valence-electron chi connectivity index (χ4n) is 4.14. The van der Waals surface area contributed by atoms with Crippen LogP contribution in [0.1, 0.15) is 65.7 Å². The van der Waals surface area contributed by atoms with E-state index in [2.05, 4.69) is 14.0 Å². The van der Waals surface area contributed by atoms with Crippen LogP contribution in [-0.4, -0.2) is 54.5 Å². The minimum atomic E-state index is -0.511. The average molecular weight is 314 g/mol. The van der Waals surface area contributed by atoms with E-state index < -0.39 is 5.79 Å². The zero-order chi connectivity index (χ0) is 16.2. The Hall–Kier alpha value is -0.160. The summed E-state index contributed by atoms with van der Waals surface area (Å²) in [6.07, 6.45) is 9.48. The second-order valence-corrected chi connectivity index (χ2v) is 7.94. The van der Waals surface area contributed by atoms with E-state index in [1.807, 2.05) is 13.8 Å². The Morgan fingerprint density at radius 1 is 1.05 bits per heavy atom.